The van der Waals surface area contributed by atoms with Crippen LogP contribution in [0.3, 0.4) is 0 Å². The van der Waals surface area contributed by atoms with Crippen molar-refractivity contribution < 1.29 is 4.79 Å². The number of hydrogen-bond donors (Lipinski definition) is 1. The molecule has 0 atom stereocenters. The van der Waals surface area contributed by atoms with E-state index in [1.54, 1.807) is 6.20 Å². The number of carbonyl (C=O) groups is 1. The van der Waals surface area contributed by atoms with Gasteiger partial charge in [-0.05, 0) is 36.4 Å². The van der Waals surface area contributed by atoms with Gasteiger partial charge in [-0.15, -0.1) is 12.6 Å². The lowest BCUT2D eigenvalue weighted by Gasteiger charge is -2.35. The van der Waals surface area contributed by atoms with Gasteiger partial charge < -0.3 is 9.80 Å². The number of nitrogens with zero attached hydrogens (tertiary/aromatic N) is 3. The van der Waals surface area contributed by atoms with E-state index in [0.29, 0.717) is 0 Å². The average Bonchev–Trinajstić information content (AvgIpc) is 2.56. The molecule has 3 rings (SSSR count). The fourth-order valence-corrected chi connectivity index (χ4v) is 2.62. The van der Waals surface area contributed by atoms with Crippen molar-refractivity contribution >= 4 is 24.4 Å². The summed E-state index contributed by atoms with van der Waals surface area (Å²) < 4.78 is 0. The molecule has 2 heterocycles. The minimum absolute atomic E-state index is 0.0870. The van der Waals surface area contributed by atoms with Crippen molar-refractivity contribution in [2.75, 3.05) is 31.1 Å². The third-order valence-electron chi connectivity index (χ3n) is 3.65. The molecule has 1 aliphatic rings. The van der Waals surface area contributed by atoms with Crippen LogP contribution in [0, 0.1) is 0 Å². The van der Waals surface area contributed by atoms with E-state index in [1.807, 2.05) is 47.4 Å². The fraction of sp³-hybridized carbons (Fsp3) is 0.250. The number of hydrogen-bond acceptors (Lipinski definition) is 4. The molecule has 0 unspecified atom stereocenters. The highest BCUT2D eigenvalue weighted by molar-refractivity contribution is 7.80. The van der Waals surface area contributed by atoms with Crippen LogP contribution in [0.25, 0.3) is 0 Å². The summed E-state index contributed by atoms with van der Waals surface area (Å²) in [6.07, 6.45) is 1.80. The lowest BCUT2D eigenvalue weighted by atomic mass is 10.2. The van der Waals surface area contributed by atoms with E-state index in [4.69, 9.17) is 0 Å². The number of benzene rings is 1. The third kappa shape index (κ3) is 3.19. The Balaban J connectivity index is 1.63. The van der Waals surface area contributed by atoms with Crippen molar-refractivity contribution in [3.63, 3.8) is 0 Å². The van der Waals surface area contributed by atoms with Crippen LogP contribution in [-0.2, 0) is 0 Å². The molecule has 1 aromatic carbocycles. The first-order chi connectivity index (χ1) is 10.2. The van der Waals surface area contributed by atoms with Crippen LogP contribution in [0.4, 0.5) is 5.82 Å². The molecule has 108 valence electrons. The molecule has 1 aliphatic heterocycles. The first kappa shape index (κ1) is 13.9. The van der Waals surface area contributed by atoms with E-state index < -0.39 is 0 Å². The Bertz CT molecular complexity index is 607. The first-order valence-corrected chi connectivity index (χ1v) is 7.43. The second-order valence-electron chi connectivity index (χ2n) is 5.01. The molecule has 0 radical (unpaired) electrons. The average molecular weight is 299 g/mol. The summed E-state index contributed by atoms with van der Waals surface area (Å²) in [5, 5.41) is 0. The molecular weight excluding hydrogens is 282 g/mol. The van der Waals surface area contributed by atoms with Crippen LogP contribution >= 0.6 is 12.6 Å². The summed E-state index contributed by atoms with van der Waals surface area (Å²) in [5.74, 6) is 1.06. The Morgan fingerprint density at radius 1 is 1.00 bits per heavy atom. The number of thiol groups is 1. The number of piperazine rings is 1. The Kier molecular flexibility index (Phi) is 4.10. The molecule has 1 aromatic heterocycles. The molecule has 0 saturated carbocycles. The van der Waals surface area contributed by atoms with Crippen LogP contribution in [0.1, 0.15) is 10.4 Å². The molecule has 5 heteroatoms. The number of amides is 1. The Labute approximate surface area is 129 Å². The summed E-state index contributed by atoms with van der Waals surface area (Å²) in [5.41, 5.74) is 0.721. The fourth-order valence-electron chi connectivity index (χ4n) is 2.47. The van der Waals surface area contributed by atoms with Crippen LogP contribution < -0.4 is 4.90 Å². The van der Waals surface area contributed by atoms with E-state index in [9.17, 15) is 4.79 Å². The predicted molar refractivity (Wildman–Crippen MR) is 86.0 cm³/mol. The maximum atomic E-state index is 12.4. The molecule has 0 aliphatic carbocycles. The van der Waals surface area contributed by atoms with Crippen molar-refractivity contribution in [1.29, 1.82) is 0 Å². The standard InChI is InChI=1S/C16H17N3OS/c20-16(13-4-6-14(21)7-5-13)19-11-9-18(10-12-19)15-3-1-2-8-17-15/h1-8,21H,9-12H2. The van der Waals surface area contributed by atoms with Gasteiger partial charge in [0.25, 0.3) is 5.91 Å². The molecule has 1 fully saturated rings. The van der Waals surface area contributed by atoms with Crippen LogP contribution in [-0.4, -0.2) is 42.0 Å². The van der Waals surface area contributed by atoms with Gasteiger partial charge in [0.2, 0.25) is 0 Å². The highest BCUT2D eigenvalue weighted by Gasteiger charge is 2.22. The number of carbonyl (C=O) groups excluding carboxylic acids is 1. The maximum Gasteiger partial charge on any atom is 0.253 e. The summed E-state index contributed by atoms with van der Waals surface area (Å²) in [6.45, 7) is 3.07. The van der Waals surface area contributed by atoms with Gasteiger partial charge in [-0.1, -0.05) is 6.07 Å². The van der Waals surface area contributed by atoms with Gasteiger partial charge in [0.1, 0.15) is 5.82 Å². The van der Waals surface area contributed by atoms with Gasteiger partial charge in [-0.25, -0.2) is 4.98 Å². The van der Waals surface area contributed by atoms with Crippen LogP contribution in [0.5, 0.6) is 0 Å². The van der Waals surface area contributed by atoms with Gasteiger partial charge >= 0.3 is 0 Å². The Morgan fingerprint density at radius 3 is 2.33 bits per heavy atom. The molecular formula is C16H17N3OS. The summed E-state index contributed by atoms with van der Waals surface area (Å²) in [6, 6.07) is 13.3. The zero-order valence-corrected chi connectivity index (χ0v) is 12.5. The molecule has 21 heavy (non-hydrogen) atoms. The summed E-state index contributed by atoms with van der Waals surface area (Å²) >= 11 is 4.24. The molecule has 0 spiro atoms. The van der Waals surface area contributed by atoms with E-state index in [1.165, 1.54) is 0 Å². The van der Waals surface area contributed by atoms with Gasteiger partial charge in [0, 0.05) is 42.8 Å². The molecule has 1 amide bonds. The quantitative estimate of drug-likeness (QED) is 0.865. The summed E-state index contributed by atoms with van der Waals surface area (Å²) in [4.78, 5) is 21.7. The second kappa shape index (κ2) is 6.18. The highest BCUT2D eigenvalue weighted by atomic mass is 32.1. The second-order valence-corrected chi connectivity index (χ2v) is 5.53. The van der Waals surface area contributed by atoms with E-state index in [-0.39, 0.29) is 5.91 Å². The van der Waals surface area contributed by atoms with Gasteiger partial charge in [-0.3, -0.25) is 4.79 Å². The SMILES string of the molecule is O=C(c1ccc(S)cc1)N1CCN(c2ccccn2)CC1. The van der Waals surface area contributed by atoms with Crippen molar-refractivity contribution in [2.45, 2.75) is 4.90 Å². The monoisotopic (exact) mass is 299 g/mol. The first-order valence-electron chi connectivity index (χ1n) is 6.98. The van der Waals surface area contributed by atoms with E-state index in [0.717, 1.165) is 42.5 Å². The topological polar surface area (TPSA) is 36.4 Å². The number of anilines is 1. The maximum absolute atomic E-state index is 12.4. The normalized spacial score (nSPS) is 15.1. The van der Waals surface area contributed by atoms with Crippen LogP contribution in [0.2, 0.25) is 0 Å². The zero-order valence-electron chi connectivity index (χ0n) is 11.6. The van der Waals surface area contributed by atoms with Gasteiger partial charge in [0.15, 0.2) is 0 Å². The van der Waals surface area contributed by atoms with Crippen LogP contribution in [0.15, 0.2) is 53.6 Å². The minimum atomic E-state index is 0.0870. The van der Waals surface area contributed by atoms with E-state index in [2.05, 4.69) is 22.5 Å². The van der Waals surface area contributed by atoms with Crippen molar-refractivity contribution in [2.24, 2.45) is 0 Å². The summed E-state index contributed by atoms with van der Waals surface area (Å²) in [7, 11) is 0. The van der Waals surface area contributed by atoms with Crippen molar-refractivity contribution in [3.8, 4) is 0 Å². The lowest BCUT2D eigenvalue weighted by molar-refractivity contribution is 0.0746. The molecule has 1 saturated heterocycles. The van der Waals surface area contributed by atoms with Gasteiger partial charge in [0.05, 0.1) is 0 Å². The lowest BCUT2D eigenvalue weighted by Crippen LogP contribution is -2.49. The number of rotatable bonds is 2. The molecule has 2 aromatic rings. The Morgan fingerprint density at radius 2 is 1.71 bits per heavy atom. The van der Waals surface area contributed by atoms with Crippen molar-refractivity contribution in [1.82, 2.24) is 9.88 Å². The zero-order chi connectivity index (χ0) is 14.7. The van der Waals surface area contributed by atoms with Gasteiger partial charge in [-0.2, -0.15) is 0 Å². The predicted octanol–water partition coefficient (Wildman–Crippen LogP) is 2.33. The molecule has 0 N–H and O–H groups in total. The highest BCUT2D eigenvalue weighted by Crippen LogP contribution is 2.15. The van der Waals surface area contributed by atoms with E-state index >= 15 is 0 Å². The Hall–Kier alpha value is -2.01. The number of pyridine rings is 1. The minimum Gasteiger partial charge on any atom is -0.353 e. The number of aromatic nitrogens is 1. The third-order valence-corrected chi connectivity index (χ3v) is 3.95. The molecule has 4 nitrogen and oxygen atoms in total. The van der Waals surface area contributed by atoms with Crippen molar-refractivity contribution in [3.05, 3.63) is 54.2 Å². The largest absolute Gasteiger partial charge is 0.353 e. The smallest absolute Gasteiger partial charge is 0.253 e. The molecule has 0 bridgehead atoms.